The van der Waals surface area contributed by atoms with Crippen LogP contribution in [0.5, 0.6) is 0 Å². The molecule has 0 radical (unpaired) electrons. The number of rotatable bonds is 18. The van der Waals surface area contributed by atoms with Crippen molar-refractivity contribution in [3.63, 3.8) is 0 Å². The van der Waals surface area contributed by atoms with Crippen LogP contribution in [0.4, 0.5) is 0 Å². The highest BCUT2D eigenvalue weighted by molar-refractivity contribution is 7.86. The molecule has 0 aromatic heterocycles. The fourth-order valence-electron chi connectivity index (χ4n) is 1.97. The average Bonchev–Trinajstić information content (AvgIpc) is 2.54. The summed E-state index contributed by atoms with van der Waals surface area (Å²) >= 11 is -1.71. The fraction of sp³-hybridized carbons (Fsp3) is 1.00. The van der Waals surface area contributed by atoms with Gasteiger partial charge in [-0.15, -0.1) is 0 Å². The maximum atomic E-state index is 11.6. The zero-order valence-corrected chi connectivity index (χ0v) is 16.8. The number of unbranched alkanes of at least 4 members (excludes halogenated alkanes) is 7. The van der Waals surface area contributed by atoms with Gasteiger partial charge in [0.25, 0.3) is 10.1 Å². The van der Waals surface area contributed by atoms with E-state index < -0.39 is 21.5 Å². The van der Waals surface area contributed by atoms with Crippen molar-refractivity contribution in [2.75, 3.05) is 25.6 Å². The first kappa shape index (κ1) is 24.0. The van der Waals surface area contributed by atoms with Crippen molar-refractivity contribution >= 4 is 21.5 Å². The second-order valence-corrected chi connectivity index (χ2v) is 8.40. The van der Waals surface area contributed by atoms with E-state index in [1.807, 2.05) is 0 Å². The van der Waals surface area contributed by atoms with Gasteiger partial charge in [-0.3, -0.25) is 12.5 Å². The first-order valence-electron chi connectivity index (χ1n) is 9.07. The van der Waals surface area contributed by atoms with Crippen molar-refractivity contribution in [1.29, 1.82) is 0 Å². The first-order chi connectivity index (χ1) is 11.5. The molecule has 0 fully saturated rings. The van der Waals surface area contributed by atoms with E-state index in [0.717, 1.165) is 44.9 Å². The molecule has 0 aliphatic heterocycles. The zero-order chi connectivity index (χ0) is 18.1. The van der Waals surface area contributed by atoms with Crippen LogP contribution in [-0.4, -0.2) is 38.2 Å². The Balaban J connectivity index is 3.47. The Morgan fingerprint density at radius 3 is 1.79 bits per heavy atom. The van der Waals surface area contributed by atoms with E-state index in [-0.39, 0.29) is 19.0 Å². The van der Waals surface area contributed by atoms with Gasteiger partial charge in [0.05, 0.1) is 25.6 Å². The highest BCUT2D eigenvalue weighted by Crippen LogP contribution is 2.05. The van der Waals surface area contributed by atoms with E-state index in [1.54, 1.807) is 0 Å². The normalized spacial score (nSPS) is 13.2. The molecule has 0 aromatic carbocycles. The van der Waals surface area contributed by atoms with Crippen LogP contribution < -0.4 is 0 Å². The van der Waals surface area contributed by atoms with Gasteiger partial charge in [0.1, 0.15) is 0 Å². The van der Waals surface area contributed by atoms with Gasteiger partial charge in [-0.05, 0) is 25.7 Å². The van der Waals surface area contributed by atoms with Gasteiger partial charge in [0.15, 0.2) is 0 Å². The van der Waals surface area contributed by atoms with E-state index >= 15 is 0 Å². The molecule has 0 spiro atoms. The standard InChI is InChI=1S/C16H34O6S2/c1-3-5-7-9-13-20-23(17)21-14-10-11-15-22-24(18,19)16-12-8-6-4-2/h3-16H2,1-2H3/t23-/m1/s1. The molecule has 0 aliphatic rings. The molecular weight excluding hydrogens is 352 g/mol. The van der Waals surface area contributed by atoms with Gasteiger partial charge in [-0.1, -0.05) is 52.4 Å². The van der Waals surface area contributed by atoms with Crippen molar-refractivity contribution in [1.82, 2.24) is 0 Å². The topological polar surface area (TPSA) is 78.9 Å². The minimum absolute atomic E-state index is 0.0827. The summed E-state index contributed by atoms with van der Waals surface area (Å²) in [7, 11) is -3.41. The summed E-state index contributed by atoms with van der Waals surface area (Å²) in [5.41, 5.74) is 0. The molecule has 0 rings (SSSR count). The zero-order valence-electron chi connectivity index (χ0n) is 15.2. The molecule has 0 heterocycles. The van der Waals surface area contributed by atoms with Crippen LogP contribution in [0.3, 0.4) is 0 Å². The summed E-state index contributed by atoms with van der Waals surface area (Å²) < 4.78 is 49.6. The summed E-state index contributed by atoms with van der Waals surface area (Å²) in [6.07, 6.45) is 9.05. The minimum Gasteiger partial charge on any atom is -0.270 e. The number of hydrogen-bond donors (Lipinski definition) is 0. The van der Waals surface area contributed by atoms with Crippen molar-refractivity contribution < 1.29 is 25.2 Å². The molecular formula is C16H34O6S2. The molecule has 0 aliphatic carbocycles. The second-order valence-electron chi connectivity index (χ2n) is 5.76. The largest absolute Gasteiger partial charge is 0.304 e. The third-order valence-corrected chi connectivity index (χ3v) is 5.44. The Kier molecular flexibility index (Phi) is 16.4. The maximum Gasteiger partial charge on any atom is 0.304 e. The molecule has 0 bridgehead atoms. The van der Waals surface area contributed by atoms with Gasteiger partial charge < -0.3 is 0 Å². The van der Waals surface area contributed by atoms with Crippen LogP contribution in [-0.2, 0) is 34.0 Å². The van der Waals surface area contributed by atoms with Crippen molar-refractivity contribution in [2.45, 2.75) is 78.1 Å². The molecule has 1 atom stereocenters. The summed E-state index contributed by atoms with van der Waals surface area (Å²) in [5.74, 6) is 0.0827. The van der Waals surface area contributed by atoms with Crippen LogP contribution in [0.25, 0.3) is 0 Å². The lowest BCUT2D eigenvalue weighted by molar-refractivity contribution is 0.232. The smallest absolute Gasteiger partial charge is 0.270 e. The van der Waals surface area contributed by atoms with Crippen molar-refractivity contribution in [3.05, 3.63) is 0 Å². The van der Waals surface area contributed by atoms with Gasteiger partial charge in [0, 0.05) is 0 Å². The Morgan fingerprint density at radius 1 is 0.708 bits per heavy atom. The van der Waals surface area contributed by atoms with E-state index in [2.05, 4.69) is 13.8 Å². The second kappa shape index (κ2) is 16.4. The molecule has 0 saturated heterocycles. The lowest BCUT2D eigenvalue weighted by atomic mass is 10.2. The van der Waals surface area contributed by atoms with Gasteiger partial charge in [0.2, 0.25) is 0 Å². The Hall–Kier alpha value is -0.0200. The highest BCUT2D eigenvalue weighted by Gasteiger charge is 2.10. The molecule has 0 amide bonds. The number of hydrogen-bond acceptors (Lipinski definition) is 6. The summed E-state index contributed by atoms with van der Waals surface area (Å²) in [6.45, 7) is 5.05. The van der Waals surface area contributed by atoms with Crippen LogP contribution >= 0.6 is 0 Å². The van der Waals surface area contributed by atoms with Crippen LogP contribution in [0.15, 0.2) is 0 Å². The van der Waals surface area contributed by atoms with Gasteiger partial charge in [-0.25, -0.2) is 0 Å². The molecule has 24 heavy (non-hydrogen) atoms. The Bertz CT molecular complexity index is 397. The minimum atomic E-state index is -3.41. The quantitative estimate of drug-likeness (QED) is 0.263. The molecule has 0 saturated carbocycles. The molecule has 0 N–H and O–H groups in total. The Morgan fingerprint density at radius 2 is 1.21 bits per heavy atom. The average molecular weight is 387 g/mol. The third kappa shape index (κ3) is 16.8. The SMILES string of the molecule is CCCCCCO[S@@](=O)OCCCCOS(=O)(=O)CCCCCC. The van der Waals surface area contributed by atoms with Crippen molar-refractivity contribution in [2.24, 2.45) is 0 Å². The lowest BCUT2D eigenvalue weighted by Gasteiger charge is -2.06. The van der Waals surface area contributed by atoms with Gasteiger partial charge in [-0.2, -0.15) is 12.6 Å². The molecule has 146 valence electrons. The van der Waals surface area contributed by atoms with Crippen molar-refractivity contribution in [3.8, 4) is 0 Å². The van der Waals surface area contributed by atoms with E-state index in [9.17, 15) is 12.6 Å². The molecule has 6 nitrogen and oxygen atoms in total. The summed E-state index contributed by atoms with van der Waals surface area (Å²) in [5, 5.41) is 0. The highest BCUT2D eigenvalue weighted by atomic mass is 32.2. The van der Waals surface area contributed by atoms with Crippen LogP contribution in [0.1, 0.15) is 78.1 Å². The third-order valence-electron chi connectivity index (χ3n) is 3.41. The van der Waals surface area contributed by atoms with Crippen LogP contribution in [0, 0.1) is 0 Å². The van der Waals surface area contributed by atoms with Gasteiger partial charge >= 0.3 is 11.4 Å². The van der Waals surface area contributed by atoms with Crippen LogP contribution in [0.2, 0.25) is 0 Å². The van der Waals surface area contributed by atoms with E-state index in [0.29, 0.717) is 25.9 Å². The lowest BCUT2D eigenvalue weighted by Crippen LogP contribution is -2.12. The van der Waals surface area contributed by atoms with E-state index in [4.69, 9.17) is 12.5 Å². The summed E-state index contributed by atoms with van der Waals surface area (Å²) in [6, 6.07) is 0. The Labute approximate surface area is 150 Å². The predicted octanol–water partition coefficient (Wildman–Crippen LogP) is 3.89. The fourth-order valence-corrected chi connectivity index (χ4v) is 3.59. The first-order valence-corrected chi connectivity index (χ1v) is 11.6. The van der Waals surface area contributed by atoms with E-state index in [1.165, 1.54) is 0 Å². The summed E-state index contributed by atoms with van der Waals surface area (Å²) in [4.78, 5) is 0. The monoisotopic (exact) mass is 386 g/mol. The maximum absolute atomic E-state index is 11.6. The molecule has 0 aromatic rings. The predicted molar refractivity (Wildman–Crippen MR) is 97.3 cm³/mol. The molecule has 8 heteroatoms. The molecule has 0 unspecified atom stereocenters.